The van der Waals surface area contributed by atoms with E-state index in [0.29, 0.717) is 17.0 Å². The number of anilines is 1. The molecule has 1 fully saturated rings. The minimum absolute atomic E-state index is 0.0744. The highest BCUT2D eigenvalue weighted by atomic mass is 19.1. The third-order valence-corrected chi connectivity index (χ3v) is 3.69. The first-order chi connectivity index (χ1) is 12.8. The molecule has 7 heteroatoms. The molecule has 140 valence electrons. The largest absolute Gasteiger partial charge is 0.489 e. The van der Waals surface area contributed by atoms with E-state index in [1.165, 1.54) is 26.1 Å². The van der Waals surface area contributed by atoms with Crippen molar-refractivity contribution in [2.24, 2.45) is 0 Å². The molecule has 1 aliphatic heterocycles. The first-order valence-corrected chi connectivity index (χ1v) is 8.24. The van der Waals surface area contributed by atoms with Crippen molar-refractivity contribution in [2.75, 3.05) is 5.32 Å². The van der Waals surface area contributed by atoms with Gasteiger partial charge >= 0.3 is 11.9 Å². The monoisotopic (exact) mass is 371 g/mol. The summed E-state index contributed by atoms with van der Waals surface area (Å²) < 4.78 is 29.3. The summed E-state index contributed by atoms with van der Waals surface area (Å²) in [6.07, 6.45) is 1.22. The lowest BCUT2D eigenvalue weighted by Crippen LogP contribution is -2.42. The third kappa shape index (κ3) is 4.63. The standard InChI is InChI=1S/C20H18FNO5/c1-20(2)26-18(23)16(19(24)27-20)11-22-14-7-5-8-15(10-14)25-12-13-6-3-4-9-17(13)21/h3-11,22H,12H2,1-2H3. The van der Waals surface area contributed by atoms with E-state index in [4.69, 9.17) is 14.2 Å². The summed E-state index contributed by atoms with van der Waals surface area (Å²) in [5.74, 6) is -2.66. The van der Waals surface area contributed by atoms with Gasteiger partial charge in [-0.1, -0.05) is 24.3 Å². The summed E-state index contributed by atoms with van der Waals surface area (Å²) >= 11 is 0. The van der Waals surface area contributed by atoms with Crippen LogP contribution in [0.2, 0.25) is 0 Å². The van der Waals surface area contributed by atoms with Crippen LogP contribution >= 0.6 is 0 Å². The molecular formula is C20H18FNO5. The second-order valence-electron chi connectivity index (χ2n) is 6.29. The number of halogens is 1. The van der Waals surface area contributed by atoms with Crippen LogP contribution in [0.4, 0.5) is 10.1 Å². The van der Waals surface area contributed by atoms with E-state index in [9.17, 15) is 14.0 Å². The Morgan fingerprint density at radius 3 is 2.48 bits per heavy atom. The highest BCUT2D eigenvalue weighted by Crippen LogP contribution is 2.24. The quantitative estimate of drug-likeness (QED) is 0.492. The van der Waals surface area contributed by atoms with Crippen LogP contribution in [0, 0.1) is 5.82 Å². The number of esters is 2. The summed E-state index contributed by atoms with van der Waals surface area (Å²) in [5.41, 5.74) is 0.763. The first kappa shape index (κ1) is 18.4. The summed E-state index contributed by atoms with van der Waals surface area (Å²) in [6, 6.07) is 13.2. The van der Waals surface area contributed by atoms with E-state index >= 15 is 0 Å². The Morgan fingerprint density at radius 2 is 1.78 bits per heavy atom. The molecule has 3 rings (SSSR count). The maximum atomic E-state index is 13.6. The van der Waals surface area contributed by atoms with Crippen LogP contribution in [-0.4, -0.2) is 17.7 Å². The first-order valence-electron chi connectivity index (χ1n) is 8.24. The lowest BCUT2D eigenvalue weighted by atomic mass is 10.2. The van der Waals surface area contributed by atoms with Crippen molar-refractivity contribution < 1.29 is 28.2 Å². The zero-order chi connectivity index (χ0) is 19.4. The Balaban J connectivity index is 1.66. The Labute approximate surface area is 155 Å². The van der Waals surface area contributed by atoms with Crippen LogP contribution in [-0.2, 0) is 25.7 Å². The van der Waals surface area contributed by atoms with Crippen molar-refractivity contribution in [3.05, 3.63) is 71.7 Å². The molecule has 27 heavy (non-hydrogen) atoms. The Morgan fingerprint density at radius 1 is 1.07 bits per heavy atom. The van der Waals surface area contributed by atoms with Gasteiger partial charge in [-0.25, -0.2) is 14.0 Å². The summed E-state index contributed by atoms with van der Waals surface area (Å²) in [5, 5.41) is 2.83. The number of benzene rings is 2. The molecule has 1 saturated heterocycles. The lowest BCUT2D eigenvalue weighted by molar-refractivity contribution is -0.222. The van der Waals surface area contributed by atoms with Crippen LogP contribution in [0.5, 0.6) is 5.75 Å². The number of hydrogen-bond donors (Lipinski definition) is 1. The van der Waals surface area contributed by atoms with Crippen molar-refractivity contribution in [1.29, 1.82) is 0 Å². The maximum absolute atomic E-state index is 13.6. The fraction of sp³-hybridized carbons (Fsp3) is 0.200. The number of carbonyl (C=O) groups is 2. The van der Waals surface area contributed by atoms with Gasteiger partial charge < -0.3 is 19.5 Å². The SMILES string of the molecule is CC1(C)OC(=O)C(=CNc2cccc(OCc3ccccc3F)c2)C(=O)O1. The summed E-state index contributed by atoms with van der Waals surface area (Å²) in [7, 11) is 0. The molecule has 0 unspecified atom stereocenters. The molecular weight excluding hydrogens is 353 g/mol. The van der Waals surface area contributed by atoms with E-state index in [-0.39, 0.29) is 18.0 Å². The molecule has 0 amide bonds. The van der Waals surface area contributed by atoms with E-state index < -0.39 is 17.7 Å². The molecule has 0 bridgehead atoms. The highest BCUT2D eigenvalue weighted by molar-refractivity contribution is 6.15. The summed E-state index contributed by atoms with van der Waals surface area (Å²) in [4.78, 5) is 23.8. The number of cyclic esters (lactones) is 2. The number of hydrogen-bond acceptors (Lipinski definition) is 6. The average Bonchev–Trinajstić information content (AvgIpc) is 2.60. The lowest BCUT2D eigenvalue weighted by Gasteiger charge is -2.29. The molecule has 0 saturated carbocycles. The van der Waals surface area contributed by atoms with Crippen molar-refractivity contribution in [3.63, 3.8) is 0 Å². The van der Waals surface area contributed by atoms with E-state index in [0.717, 1.165) is 0 Å². The van der Waals surface area contributed by atoms with Crippen molar-refractivity contribution in [1.82, 2.24) is 0 Å². The van der Waals surface area contributed by atoms with Gasteiger partial charge in [0.2, 0.25) is 0 Å². The molecule has 0 radical (unpaired) electrons. The number of carbonyl (C=O) groups excluding carboxylic acids is 2. The molecule has 0 atom stereocenters. The van der Waals surface area contributed by atoms with Crippen molar-refractivity contribution >= 4 is 17.6 Å². The second kappa shape index (κ2) is 7.49. The van der Waals surface area contributed by atoms with Gasteiger partial charge in [0, 0.05) is 37.4 Å². The fourth-order valence-electron chi connectivity index (χ4n) is 2.39. The average molecular weight is 371 g/mol. The number of nitrogens with one attached hydrogen (secondary N) is 1. The molecule has 0 aromatic heterocycles. The van der Waals surface area contributed by atoms with Crippen molar-refractivity contribution in [3.8, 4) is 5.75 Å². The highest BCUT2D eigenvalue weighted by Gasteiger charge is 2.38. The Hall–Kier alpha value is -3.35. The van der Waals surface area contributed by atoms with E-state index in [1.807, 2.05) is 0 Å². The zero-order valence-electron chi connectivity index (χ0n) is 14.8. The second-order valence-corrected chi connectivity index (χ2v) is 6.29. The Bertz CT molecular complexity index is 885. The zero-order valence-corrected chi connectivity index (χ0v) is 14.8. The maximum Gasteiger partial charge on any atom is 0.350 e. The van der Waals surface area contributed by atoms with Crippen LogP contribution in [0.3, 0.4) is 0 Å². The molecule has 2 aromatic carbocycles. The van der Waals surface area contributed by atoms with Gasteiger partial charge in [-0.05, 0) is 18.2 Å². The van der Waals surface area contributed by atoms with Crippen molar-refractivity contribution in [2.45, 2.75) is 26.2 Å². The van der Waals surface area contributed by atoms with Gasteiger partial charge in [0.25, 0.3) is 5.79 Å². The van der Waals surface area contributed by atoms with Crippen LogP contribution in [0.25, 0.3) is 0 Å². The summed E-state index contributed by atoms with van der Waals surface area (Å²) in [6.45, 7) is 3.03. The van der Waals surface area contributed by atoms with Crippen LogP contribution in [0.15, 0.2) is 60.3 Å². The molecule has 1 heterocycles. The predicted octanol–water partition coefficient (Wildman–Crippen LogP) is 3.54. The van der Waals surface area contributed by atoms with Gasteiger partial charge in [-0.2, -0.15) is 0 Å². The van der Waals surface area contributed by atoms with E-state index in [2.05, 4.69) is 5.32 Å². The van der Waals surface area contributed by atoms with Gasteiger partial charge in [-0.15, -0.1) is 0 Å². The van der Waals surface area contributed by atoms with E-state index in [1.54, 1.807) is 42.5 Å². The molecule has 0 aliphatic carbocycles. The predicted molar refractivity (Wildman–Crippen MR) is 95.1 cm³/mol. The molecule has 6 nitrogen and oxygen atoms in total. The smallest absolute Gasteiger partial charge is 0.350 e. The number of rotatable bonds is 5. The Kier molecular flexibility index (Phi) is 5.12. The van der Waals surface area contributed by atoms with Gasteiger partial charge in [-0.3, -0.25) is 0 Å². The fourth-order valence-corrected chi connectivity index (χ4v) is 2.39. The van der Waals surface area contributed by atoms with Gasteiger partial charge in [0.15, 0.2) is 5.57 Å². The topological polar surface area (TPSA) is 73.9 Å². The normalized spacial score (nSPS) is 15.6. The molecule has 1 aliphatic rings. The third-order valence-electron chi connectivity index (χ3n) is 3.69. The number of ether oxygens (including phenoxy) is 3. The van der Waals surface area contributed by atoms with Gasteiger partial charge in [0.05, 0.1) is 0 Å². The van der Waals surface area contributed by atoms with Crippen LogP contribution < -0.4 is 10.1 Å². The molecule has 0 spiro atoms. The van der Waals surface area contributed by atoms with Crippen LogP contribution in [0.1, 0.15) is 19.4 Å². The minimum atomic E-state index is -1.29. The minimum Gasteiger partial charge on any atom is -0.489 e. The molecule has 2 aromatic rings. The van der Waals surface area contributed by atoms with Gasteiger partial charge in [0.1, 0.15) is 18.2 Å². The molecule has 1 N–H and O–H groups in total.